The Bertz CT molecular complexity index is 1500. The first kappa shape index (κ1) is 22.6. The molecule has 0 spiro atoms. The molecule has 8 heteroatoms. The average molecular weight is 477 g/mol. The first-order valence-electron chi connectivity index (χ1n) is 10.8. The van der Waals surface area contributed by atoms with Crippen LogP contribution in [-0.4, -0.2) is 22.4 Å². The van der Waals surface area contributed by atoms with Crippen molar-refractivity contribution >= 4 is 34.3 Å². The maximum absolute atomic E-state index is 14.4. The van der Waals surface area contributed by atoms with Crippen molar-refractivity contribution in [1.29, 1.82) is 0 Å². The standard InChI is InChI=1S/C27H19F4N3O/c1-17-21(20-12-6-8-14-24(20)33(17)16-18-9-5-7-13-23(18)28)15-22-25(27(29,30)31)32-34(26(22)35)19-10-3-2-4-11-19/h2-15H,16H2,1H3/b22-15-. The van der Waals surface area contributed by atoms with Crippen molar-refractivity contribution in [2.24, 2.45) is 5.10 Å². The number of alkyl halides is 3. The zero-order valence-corrected chi connectivity index (χ0v) is 18.6. The third-order valence-electron chi connectivity index (χ3n) is 6.00. The molecule has 0 radical (unpaired) electrons. The molecular formula is C27H19F4N3O. The summed E-state index contributed by atoms with van der Waals surface area (Å²) >= 11 is 0. The van der Waals surface area contributed by atoms with Crippen LogP contribution in [-0.2, 0) is 11.3 Å². The van der Waals surface area contributed by atoms with E-state index in [-0.39, 0.29) is 18.0 Å². The summed E-state index contributed by atoms with van der Waals surface area (Å²) in [5.74, 6) is -1.24. The van der Waals surface area contributed by atoms with Gasteiger partial charge in [0.2, 0.25) is 0 Å². The van der Waals surface area contributed by atoms with E-state index in [9.17, 15) is 22.4 Å². The van der Waals surface area contributed by atoms with Gasteiger partial charge < -0.3 is 4.57 Å². The fraction of sp³-hybridized carbons (Fsp3) is 0.111. The fourth-order valence-corrected chi connectivity index (χ4v) is 4.28. The van der Waals surface area contributed by atoms with Crippen LogP contribution >= 0.6 is 0 Å². The second-order valence-corrected chi connectivity index (χ2v) is 8.15. The van der Waals surface area contributed by atoms with Gasteiger partial charge >= 0.3 is 6.18 Å². The Morgan fingerprint density at radius 2 is 1.57 bits per heavy atom. The van der Waals surface area contributed by atoms with Crippen molar-refractivity contribution in [3.8, 4) is 0 Å². The Morgan fingerprint density at radius 3 is 2.29 bits per heavy atom. The molecule has 5 rings (SSSR count). The Labute approximate surface area is 198 Å². The molecule has 1 aliphatic heterocycles. The van der Waals surface area contributed by atoms with Crippen molar-refractivity contribution in [3.63, 3.8) is 0 Å². The Morgan fingerprint density at radius 1 is 0.914 bits per heavy atom. The molecule has 0 N–H and O–H groups in total. The molecule has 35 heavy (non-hydrogen) atoms. The van der Waals surface area contributed by atoms with Crippen LogP contribution in [0.15, 0.2) is 89.5 Å². The SMILES string of the molecule is Cc1c(/C=C2\C(=O)N(c3ccccc3)N=C2C(F)(F)F)c2ccccc2n1Cc1ccccc1F. The van der Waals surface area contributed by atoms with Gasteiger partial charge in [-0.05, 0) is 37.3 Å². The van der Waals surface area contributed by atoms with E-state index < -0.39 is 23.4 Å². The average Bonchev–Trinajstić information content (AvgIpc) is 3.31. The zero-order chi connectivity index (χ0) is 24.7. The van der Waals surface area contributed by atoms with Gasteiger partial charge in [0.1, 0.15) is 5.82 Å². The molecule has 2 heterocycles. The number of nitrogens with zero attached hydrogens (tertiary/aromatic N) is 3. The van der Waals surface area contributed by atoms with E-state index >= 15 is 0 Å². The summed E-state index contributed by atoms with van der Waals surface area (Å²) in [6.07, 6.45) is -3.59. The first-order valence-corrected chi connectivity index (χ1v) is 10.8. The van der Waals surface area contributed by atoms with Gasteiger partial charge in [0.25, 0.3) is 5.91 Å². The summed E-state index contributed by atoms with van der Waals surface area (Å²) in [4.78, 5) is 13.1. The number of para-hydroxylation sites is 2. The first-order chi connectivity index (χ1) is 16.8. The highest BCUT2D eigenvalue weighted by Gasteiger charge is 2.47. The second-order valence-electron chi connectivity index (χ2n) is 8.15. The highest BCUT2D eigenvalue weighted by molar-refractivity contribution is 6.34. The summed E-state index contributed by atoms with van der Waals surface area (Å²) in [6.45, 7) is 1.93. The lowest BCUT2D eigenvalue weighted by Gasteiger charge is -2.11. The molecule has 1 aromatic heterocycles. The predicted octanol–water partition coefficient (Wildman–Crippen LogP) is 6.49. The summed E-state index contributed by atoms with van der Waals surface area (Å²) in [6, 6.07) is 21.5. The van der Waals surface area contributed by atoms with Crippen molar-refractivity contribution in [1.82, 2.24) is 4.57 Å². The van der Waals surface area contributed by atoms with E-state index in [4.69, 9.17) is 0 Å². The minimum absolute atomic E-state index is 0.187. The minimum Gasteiger partial charge on any atom is -0.340 e. The molecule has 0 unspecified atom stereocenters. The maximum atomic E-state index is 14.4. The Kier molecular flexibility index (Phi) is 5.51. The Balaban J connectivity index is 1.66. The van der Waals surface area contributed by atoms with E-state index in [1.807, 2.05) is 10.6 Å². The summed E-state index contributed by atoms with van der Waals surface area (Å²) in [7, 11) is 0. The molecule has 1 aliphatic rings. The van der Waals surface area contributed by atoms with E-state index in [0.717, 1.165) is 10.5 Å². The number of benzene rings is 3. The van der Waals surface area contributed by atoms with Gasteiger partial charge in [0, 0.05) is 27.7 Å². The summed E-state index contributed by atoms with van der Waals surface area (Å²) < 4.78 is 58.0. The summed E-state index contributed by atoms with van der Waals surface area (Å²) in [5.41, 5.74) is 0.661. The lowest BCUT2D eigenvalue weighted by Crippen LogP contribution is -2.25. The van der Waals surface area contributed by atoms with Gasteiger partial charge in [0.15, 0.2) is 5.71 Å². The predicted molar refractivity (Wildman–Crippen MR) is 128 cm³/mol. The number of carbonyl (C=O) groups excluding carboxylic acids is 1. The highest BCUT2D eigenvalue weighted by Crippen LogP contribution is 2.35. The topological polar surface area (TPSA) is 37.6 Å². The van der Waals surface area contributed by atoms with Crippen LogP contribution in [0.3, 0.4) is 0 Å². The van der Waals surface area contributed by atoms with Gasteiger partial charge in [-0.25, -0.2) is 4.39 Å². The van der Waals surface area contributed by atoms with Crippen LogP contribution < -0.4 is 5.01 Å². The molecule has 0 atom stereocenters. The molecular weight excluding hydrogens is 458 g/mol. The number of amides is 1. The number of hydrazone groups is 1. The normalized spacial score (nSPS) is 15.3. The van der Waals surface area contributed by atoms with E-state index in [2.05, 4.69) is 5.10 Å². The number of rotatable bonds is 4. The van der Waals surface area contributed by atoms with Crippen LogP contribution in [0.5, 0.6) is 0 Å². The van der Waals surface area contributed by atoms with Crippen molar-refractivity contribution in [2.45, 2.75) is 19.6 Å². The lowest BCUT2D eigenvalue weighted by molar-refractivity contribution is -0.114. The number of carbonyl (C=O) groups is 1. The van der Waals surface area contributed by atoms with E-state index in [0.29, 0.717) is 22.2 Å². The largest absolute Gasteiger partial charge is 0.435 e. The molecule has 0 fully saturated rings. The quantitative estimate of drug-likeness (QED) is 0.245. The van der Waals surface area contributed by atoms with Crippen LogP contribution in [0.1, 0.15) is 16.8 Å². The van der Waals surface area contributed by atoms with Crippen LogP contribution in [0.25, 0.3) is 17.0 Å². The van der Waals surface area contributed by atoms with Gasteiger partial charge in [-0.3, -0.25) is 4.79 Å². The van der Waals surface area contributed by atoms with Crippen molar-refractivity contribution in [3.05, 3.63) is 107 Å². The Hall–Kier alpha value is -4.20. The molecule has 4 nitrogen and oxygen atoms in total. The lowest BCUT2D eigenvalue weighted by atomic mass is 10.0. The van der Waals surface area contributed by atoms with Gasteiger partial charge in [-0.2, -0.15) is 23.3 Å². The van der Waals surface area contributed by atoms with Gasteiger partial charge in [0.05, 0.1) is 17.8 Å². The third-order valence-corrected chi connectivity index (χ3v) is 6.00. The minimum atomic E-state index is -4.83. The molecule has 0 saturated carbocycles. The van der Waals surface area contributed by atoms with E-state index in [1.165, 1.54) is 24.3 Å². The highest BCUT2D eigenvalue weighted by atomic mass is 19.4. The van der Waals surface area contributed by atoms with Crippen LogP contribution in [0.2, 0.25) is 0 Å². The molecule has 0 bridgehead atoms. The van der Waals surface area contributed by atoms with Gasteiger partial charge in [-0.1, -0.05) is 54.6 Å². The van der Waals surface area contributed by atoms with E-state index in [1.54, 1.807) is 61.5 Å². The fourth-order valence-electron chi connectivity index (χ4n) is 4.28. The number of hydrogen-bond acceptors (Lipinski definition) is 2. The molecule has 3 aromatic carbocycles. The zero-order valence-electron chi connectivity index (χ0n) is 18.6. The number of hydrogen-bond donors (Lipinski definition) is 0. The van der Waals surface area contributed by atoms with Crippen molar-refractivity contribution < 1.29 is 22.4 Å². The van der Waals surface area contributed by atoms with Gasteiger partial charge in [-0.15, -0.1) is 0 Å². The smallest absolute Gasteiger partial charge is 0.340 e. The van der Waals surface area contributed by atoms with Crippen LogP contribution in [0.4, 0.5) is 23.2 Å². The molecule has 4 aromatic rings. The molecule has 1 amide bonds. The third kappa shape index (κ3) is 4.01. The number of fused-ring (bicyclic) bond motifs is 1. The second kappa shape index (κ2) is 8.54. The van der Waals surface area contributed by atoms with Crippen LogP contribution in [0, 0.1) is 12.7 Å². The molecule has 0 saturated heterocycles. The maximum Gasteiger partial charge on any atom is 0.435 e. The number of halogens is 4. The molecule has 0 aliphatic carbocycles. The molecule has 176 valence electrons. The van der Waals surface area contributed by atoms with Crippen molar-refractivity contribution in [2.75, 3.05) is 5.01 Å². The number of anilines is 1. The number of aromatic nitrogens is 1. The summed E-state index contributed by atoms with van der Waals surface area (Å²) in [5, 5.41) is 5.06. The monoisotopic (exact) mass is 477 g/mol.